The summed E-state index contributed by atoms with van der Waals surface area (Å²) in [5.41, 5.74) is 3.14. The summed E-state index contributed by atoms with van der Waals surface area (Å²) in [5.74, 6) is 0.887. The maximum absolute atomic E-state index is 2.62. The quantitative estimate of drug-likeness (QED) is 0.583. The summed E-state index contributed by atoms with van der Waals surface area (Å²) in [6.45, 7) is 4.84. The average Bonchev–Trinajstić information content (AvgIpc) is 2.60. The fourth-order valence-electron chi connectivity index (χ4n) is 2.85. The first kappa shape index (κ1) is 7.57. The van der Waals surface area contributed by atoms with E-state index in [1.165, 1.54) is 19.5 Å². The van der Waals surface area contributed by atoms with E-state index in [1.807, 2.05) is 0 Å². The normalized spacial score (nSPS) is 31.8. The minimum atomic E-state index is 0.742. The molecule has 2 unspecified atom stereocenters. The van der Waals surface area contributed by atoms with E-state index in [9.17, 15) is 0 Å². The molecule has 3 rings (SSSR count). The van der Waals surface area contributed by atoms with Crippen LogP contribution in [0.4, 0.5) is 0 Å². The van der Waals surface area contributed by atoms with Crippen molar-refractivity contribution in [1.29, 1.82) is 0 Å². The summed E-state index contributed by atoms with van der Waals surface area (Å²) >= 11 is 0. The van der Waals surface area contributed by atoms with Gasteiger partial charge in [-0.25, -0.2) is 0 Å². The van der Waals surface area contributed by atoms with Crippen molar-refractivity contribution >= 4 is 0 Å². The first-order valence-corrected chi connectivity index (χ1v) is 5.16. The number of hydrogen-bond acceptors (Lipinski definition) is 1. The van der Waals surface area contributed by atoms with Crippen LogP contribution in [0.2, 0.25) is 0 Å². The SMILES string of the molecule is CC1CC2c3ccccc3CN2C1. The van der Waals surface area contributed by atoms with Gasteiger partial charge in [-0.1, -0.05) is 31.2 Å². The van der Waals surface area contributed by atoms with E-state index < -0.39 is 0 Å². The molecule has 2 aliphatic heterocycles. The molecule has 13 heavy (non-hydrogen) atoms. The highest BCUT2D eigenvalue weighted by molar-refractivity contribution is 5.34. The molecular weight excluding hydrogens is 158 g/mol. The molecule has 0 aromatic heterocycles. The van der Waals surface area contributed by atoms with Crippen molar-refractivity contribution in [2.75, 3.05) is 6.54 Å². The lowest BCUT2D eigenvalue weighted by Gasteiger charge is -2.13. The Morgan fingerprint density at radius 3 is 3.08 bits per heavy atom. The van der Waals surface area contributed by atoms with Gasteiger partial charge in [0.15, 0.2) is 0 Å². The van der Waals surface area contributed by atoms with Crippen LogP contribution in [0.15, 0.2) is 24.3 Å². The first-order chi connectivity index (χ1) is 6.34. The van der Waals surface area contributed by atoms with Crippen LogP contribution in [0.5, 0.6) is 0 Å². The zero-order valence-electron chi connectivity index (χ0n) is 8.03. The number of hydrogen-bond donors (Lipinski definition) is 0. The van der Waals surface area contributed by atoms with Crippen LogP contribution >= 0.6 is 0 Å². The van der Waals surface area contributed by atoms with E-state index in [1.54, 1.807) is 11.1 Å². The minimum absolute atomic E-state index is 0.742. The van der Waals surface area contributed by atoms with E-state index in [4.69, 9.17) is 0 Å². The third-order valence-electron chi connectivity index (χ3n) is 3.40. The molecule has 1 aromatic rings. The Hall–Kier alpha value is -0.820. The molecule has 0 N–H and O–H groups in total. The Morgan fingerprint density at radius 1 is 1.31 bits per heavy atom. The van der Waals surface area contributed by atoms with Crippen molar-refractivity contribution in [3.05, 3.63) is 35.4 Å². The zero-order valence-corrected chi connectivity index (χ0v) is 8.03. The molecule has 0 bridgehead atoms. The highest BCUT2D eigenvalue weighted by Gasteiger charge is 2.36. The summed E-state index contributed by atoms with van der Waals surface area (Å²) in [6.07, 6.45) is 1.36. The van der Waals surface area contributed by atoms with Crippen LogP contribution in [-0.4, -0.2) is 11.4 Å². The lowest BCUT2D eigenvalue weighted by Crippen LogP contribution is -2.15. The van der Waals surface area contributed by atoms with Crippen molar-refractivity contribution < 1.29 is 0 Å². The van der Waals surface area contributed by atoms with E-state index in [2.05, 4.69) is 36.1 Å². The van der Waals surface area contributed by atoms with Gasteiger partial charge in [0.1, 0.15) is 0 Å². The second-order valence-electron chi connectivity index (χ2n) is 4.48. The van der Waals surface area contributed by atoms with Gasteiger partial charge in [0.05, 0.1) is 0 Å². The Labute approximate surface area is 79.4 Å². The molecule has 1 saturated heterocycles. The third-order valence-corrected chi connectivity index (χ3v) is 3.40. The van der Waals surface area contributed by atoms with Gasteiger partial charge in [-0.2, -0.15) is 0 Å². The lowest BCUT2D eigenvalue weighted by molar-refractivity contribution is 0.276. The number of benzene rings is 1. The molecule has 0 aliphatic carbocycles. The van der Waals surface area contributed by atoms with Crippen molar-refractivity contribution in [2.24, 2.45) is 5.92 Å². The summed E-state index contributed by atoms with van der Waals surface area (Å²) in [6, 6.07) is 9.65. The van der Waals surface area contributed by atoms with Crippen molar-refractivity contribution in [2.45, 2.75) is 25.9 Å². The highest BCUT2D eigenvalue weighted by Crippen LogP contribution is 2.42. The van der Waals surface area contributed by atoms with Crippen molar-refractivity contribution in [1.82, 2.24) is 4.90 Å². The standard InChI is InChI=1S/C12H15N/c1-9-6-12-11-5-3-2-4-10(11)8-13(12)7-9/h2-5,9,12H,6-8H2,1H3. The summed E-state index contributed by atoms with van der Waals surface area (Å²) in [7, 11) is 0. The largest absolute Gasteiger partial charge is 0.292 e. The molecule has 1 nitrogen and oxygen atoms in total. The molecule has 0 saturated carbocycles. The summed E-state index contributed by atoms with van der Waals surface area (Å²) < 4.78 is 0. The van der Waals surface area contributed by atoms with Gasteiger partial charge in [0.25, 0.3) is 0 Å². The average molecular weight is 173 g/mol. The number of nitrogens with zero attached hydrogens (tertiary/aromatic N) is 1. The van der Waals surface area contributed by atoms with Gasteiger partial charge in [0.2, 0.25) is 0 Å². The van der Waals surface area contributed by atoms with Crippen molar-refractivity contribution in [3.8, 4) is 0 Å². The fraction of sp³-hybridized carbons (Fsp3) is 0.500. The molecule has 0 radical (unpaired) electrons. The van der Waals surface area contributed by atoms with Gasteiger partial charge in [-0.3, -0.25) is 4.90 Å². The predicted octanol–water partition coefficient (Wildman–Crippen LogP) is 2.58. The van der Waals surface area contributed by atoms with Gasteiger partial charge in [0, 0.05) is 19.1 Å². The van der Waals surface area contributed by atoms with Crippen LogP contribution in [0.25, 0.3) is 0 Å². The molecular formula is C12H15N. The second kappa shape index (κ2) is 2.58. The van der Waals surface area contributed by atoms with Crippen molar-refractivity contribution in [3.63, 3.8) is 0 Å². The van der Waals surface area contributed by atoms with Gasteiger partial charge in [-0.05, 0) is 23.5 Å². The van der Waals surface area contributed by atoms with E-state index in [0.717, 1.165) is 12.0 Å². The zero-order chi connectivity index (χ0) is 8.84. The van der Waals surface area contributed by atoms with Crippen LogP contribution in [0.3, 0.4) is 0 Å². The number of rotatable bonds is 0. The lowest BCUT2D eigenvalue weighted by atomic mass is 9.99. The monoisotopic (exact) mass is 173 g/mol. The maximum atomic E-state index is 2.62. The molecule has 1 aromatic carbocycles. The second-order valence-corrected chi connectivity index (χ2v) is 4.48. The summed E-state index contributed by atoms with van der Waals surface area (Å²) in [4.78, 5) is 2.62. The Morgan fingerprint density at radius 2 is 2.15 bits per heavy atom. The topological polar surface area (TPSA) is 3.24 Å². The fourth-order valence-corrected chi connectivity index (χ4v) is 2.85. The highest BCUT2D eigenvalue weighted by atomic mass is 15.2. The molecule has 1 fully saturated rings. The van der Waals surface area contributed by atoms with E-state index >= 15 is 0 Å². The number of fused-ring (bicyclic) bond motifs is 3. The molecule has 2 heterocycles. The Kier molecular flexibility index (Phi) is 1.50. The Bertz CT molecular complexity index is 332. The van der Waals surface area contributed by atoms with Gasteiger partial charge >= 0.3 is 0 Å². The van der Waals surface area contributed by atoms with E-state index in [0.29, 0.717) is 0 Å². The Balaban J connectivity index is 2.02. The smallest absolute Gasteiger partial charge is 0.0358 e. The molecule has 2 aliphatic rings. The first-order valence-electron chi connectivity index (χ1n) is 5.16. The molecule has 2 atom stereocenters. The maximum Gasteiger partial charge on any atom is 0.0358 e. The minimum Gasteiger partial charge on any atom is -0.292 e. The predicted molar refractivity (Wildman–Crippen MR) is 53.4 cm³/mol. The van der Waals surface area contributed by atoms with Crippen LogP contribution in [0, 0.1) is 5.92 Å². The molecule has 0 amide bonds. The van der Waals surface area contributed by atoms with Crippen LogP contribution in [0.1, 0.15) is 30.5 Å². The molecule has 0 spiro atoms. The van der Waals surface area contributed by atoms with Gasteiger partial charge < -0.3 is 0 Å². The third kappa shape index (κ3) is 1.03. The van der Waals surface area contributed by atoms with Crippen LogP contribution in [-0.2, 0) is 6.54 Å². The summed E-state index contributed by atoms with van der Waals surface area (Å²) in [5, 5.41) is 0. The van der Waals surface area contributed by atoms with Gasteiger partial charge in [-0.15, -0.1) is 0 Å². The molecule has 68 valence electrons. The van der Waals surface area contributed by atoms with Crippen LogP contribution < -0.4 is 0 Å². The molecule has 1 heteroatoms. The van der Waals surface area contributed by atoms with E-state index in [-0.39, 0.29) is 0 Å².